The van der Waals surface area contributed by atoms with Crippen molar-refractivity contribution in [2.75, 3.05) is 26.3 Å². The maximum atomic E-state index is 12.5. The van der Waals surface area contributed by atoms with Crippen molar-refractivity contribution >= 4 is 33.0 Å². The number of ether oxygens (including phenoxy) is 2. The van der Waals surface area contributed by atoms with Gasteiger partial charge in [0.15, 0.2) is 0 Å². The number of nitrogens with zero attached hydrogens (tertiary/aromatic N) is 1. The van der Waals surface area contributed by atoms with Crippen LogP contribution in [0.1, 0.15) is 4.88 Å². The fraction of sp³-hybridized carbons (Fsp3) is 0.333. The maximum absolute atomic E-state index is 12.5. The van der Waals surface area contributed by atoms with Crippen LogP contribution in [0.4, 0.5) is 0 Å². The fourth-order valence-electron chi connectivity index (χ4n) is 2.23. The molecule has 0 spiro atoms. The van der Waals surface area contributed by atoms with E-state index in [1.54, 1.807) is 24.3 Å². The molecule has 0 aliphatic carbocycles. The van der Waals surface area contributed by atoms with Crippen molar-refractivity contribution in [2.24, 2.45) is 0 Å². The van der Waals surface area contributed by atoms with Crippen molar-refractivity contribution in [1.82, 2.24) is 4.31 Å². The monoisotopic (exact) mass is 373 g/mol. The van der Waals surface area contributed by atoms with Gasteiger partial charge in [0.2, 0.25) is 10.0 Å². The SMILES string of the molecule is O=S(=O)(c1ccc(OCc2ccc(Cl)s2)cc1)N1CCOCC1. The number of benzene rings is 1. The van der Waals surface area contributed by atoms with E-state index in [4.69, 9.17) is 21.1 Å². The maximum Gasteiger partial charge on any atom is 0.243 e. The smallest absolute Gasteiger partial charge is 0.243 e. The van der Waals surface area contributed by atoms with Gasteiger partial charge in [-0.05, 0) is 36.4 Å². The molecule has 3 rings (SSSR count). The molecule has 8 heteroatoms. The average molecular weight is 374 g/mol. The van der Waals surface area contributed by atoms with Crippen molar-refractivity contribution in [3.63, 3.8) is 0 Å². The van der Waals surface area contributed by atoms with Crippen LogP contribution < -0.4 is 4.74 Å². The first-order valence-electron chi connectivity index (χ1n) is 7.11. The van der Waals surface area contributed by atoms with E-state index < -0.39 is 10.0 Å². The van der Waals surface area contributed by atoms with E-state index >= 15 is 0 Å². The molecular formula is C15H16ClNO4S2. The summed E-state index contributed by atoms with van der Waals surface area (Å²) in [6.45, 7) is 2.06. The first-order chi connectivity index (χ1) is 11.1. The summed E-state index contributed by atoms with van der Waals surface area (Å²) in [6, 6.07) is 10.2. The zero-order valence-electron chi connectivity index (χ0n) is 12.3. The molecule has 2 aromatic rings. The van der Waals surface area contributed by atoms with Crippen LogP contribution in [-0.4, -0.2) is 39.0 Å². The van der Waals surface area contributed by atoms with Crippen LogP contribution in [0, 0.1) is 0 Å². The van der Waals surface area contributed by atoms with E-state index in [1.165, 1.54) is 15.6 Å². The minimum absolute atomic E-state index is 0.269. The van der Waals surface area contributed by atoms with Gasteiger partial charge in [-0.15, -0.1) is 11.3 Å². The van der Waals surface area contributed by atoms with Gasteiger partial charge in [-0.1, -0.05) is 11.6 Å². The van der Waals surface area contributed by atoms with Gasteiger partial charge < -0.3 is 9.47 Å². The molecule has 1 aliphatic rings. The van der Waals surface area contributed by atoms with Gasteiger partial charge in [0.25, 0.3) is 0 Å². The molecule has 1 aliphatic heterocycles. The standard InChI is InChI=1S/C15H16ClNO4S2/c16-15-6-3-13(22-15)11-21-12-1-4-14(5-2-12)23(18,19)17-7-9-20-10-8-17/h1-6H,7-11H2. The Bertz CT molecular complexity index is 752. The summed E-state index contributed by atoms with van der Waals surface area (Å²) in [5, 5.41) is 0. The van der Waals surface area contributed by atoms with E-state index in [0.29, 0.717) is 38.7 Å². The fourth-order valence-corrected chi connectivity index (χ4v) is 4.64. The zero-order valence-corrected chi connectivity index (χ0v) is 14.7. The topological polar surface area (TPSA) is 55.8 Å². The predicted octanol–water partition coefficient (Wildman–Crippen LogP) is 3.00. The molecule has 1 aromatic heterocycles. The molecular weight excluding hydrogens is 358 g/mol. The van der Waals surface area contributed by atoms with Crippen LogP contribution in [0.25, 0.3) is 0 Å². The first kappa shape index (κ1) is 16.7. The minimum Gasteiger partial charge on any atom is -0.488 e. The Balaban J connectivity index is 1.66. The Hall–Kier alpha value is -1.12. The van der Waals surface area contributed by atoms with Crippen molar-refractivity contribution in [3.05, 3.63) is 45.6 Å². The third kappa shape index (κ3) is 4.05. The van der Waals surface area contributed by atoms with E-state index in [0.717, 1.165) is 9.21 Å². The summed E-state index contributed by atoms with van der Waals surface area (Å²) in [5.41, 5.74) is 0. The van der Waals surface area contributed by atoms with Crippen LogP contribution in [0.3, 0.4) is 0 Å². The molecule has 23 heavy (non-hydrogen) atoms. The summed E-state index contributed by atoms with van der Waals surface area (Å²) < 4.78 is 38.0. The second-order valence-corrected chi connectivity index (χ2v) is 8.72. The molecule has 5 nitrogen and oxygen atoms in total. The average Bonchev–Trinajstić information content (AvgIpc) is 3.00. The van der Waals surface area contributed by atoms with Gasteiger partial charge in [0.1, 0.15) is 12.4 Å². The van der Waals surface area contributed by atoms with Gasteiger partial charge in [-0.3, -0.25) is 0 Å². The van der Waals surface area contributed by atoms with Crippen LogP contribution in [0.15, 0.2) is 41.3 Å². The molecule has 0 bridgehead atoms. The summed E-state index contributed by atoms with van der Waals surface area (Å²) >= 11 is 7.33. The normalized spacial score (nSPS) is 16.4. The summed E-state index contributed by atoms with van der Waals surface area (Å²) in [6.07, 6.45) is 0. The lowest BCUT2D eigenvalue weighted by atomic mass is 10.3. The lowest BCUT2D eigenvalue weighted by Crippen LogP contribution is -2.40. The third-order valence-electron chi connectivity index (χ3n) is 3.44. The molecule has 0 radical (unpaired) electrons. The van der Waals surface area contributed by atoms with E-state index in [1.807, 2.05) is 12.1 Å². The second kappa shape index (κ2) is 7.19. The Morgan fingerprint density at radius 1 is 1.13 bits per heavy atom. The summed E-state index contributed by atoms with van der Waals surface area (Å²) in [7, 11) is -3.46. The number of morpholine rings is 1. The second-order valence-electron chi connectivity index (χ2n) is 4.98. The van der Waals surface area contributed by atoms with E-state index in [9.17, 15) is 8.42 Å². The van der Waals surface area contributed by atoms with E-state index in [2.05, 4.69) is 0 Å². The van der Waals surface area contributed by atoms with Gasteiger partial charge in [-0.25, -0.2) is 8.42 Å². The predicted molar refractivity (Wildman–Crippen MR) is 89.7 cm³/mol. The van der Waals surface area contributed by atoms with Crippen LogP contribution in [0.2, 0.25) is 4.34 Å². The van der Waals surface area contributed by atoms with Crippen LogP contribution in [0.5, 0.6) is 5.75 Å². The quantitative estimate of drug-likeness (QED) is 0.808. The number of hydrogen-bond donors (Lipinski definition) is 0. The largest absolute Gasteiger partial charge is 0.488 e. The lowest BCUT2D eigenvalue weighted by Gasteiger charge is -2.26. The molecule has 1 saturated heterocycles. The minimum atomic E-state index is -3.46. The highest BCUT2D eigenvalue weighted by atomic mass is 35.5. The Kier molecular flexibility index (Phi) is 5.23. The third-order valence-corrected chi connectivity index (χ3v) is 6.56. The van der Waals surface area contributed by atoms with Crippen molar-refractivity contribution in [2.45, 2.75) is 11.5 Å². The molecule has 1 aromatic carbocycles. The number of halogens is 1. The van der Waals surface area contributed by atoms with E-state index in [-0.39, 0.29) is 4.90 Å². The molecule has 2 heterocycles. The van der Waals surface area contributed by atoms with Crippen molar-refractivity contribution in [1.29, 1.82) is 0 Å². The Labute approximate surface area is 144 Å². The molecule has 0 saturated carbocycles. The molecule has 0 atom stereocenters. The summed E-state index contributed by atoms with van der Waals surface area (Å²) in [5.74, 6) is 0.621. The highest BCUT2D eigenvalue weighted by Crippen LogP contribution is 2.24. The van der Waals surface area contributed by atoms with Gasteiger partial charge in [0.05, 0.1) is 22.4 Å². The first-order valence-corrected chi connectivity index (χ1v) is 9.74. The zero-order chi connectivity index (χ0) is 16.3. The Morgan fingerprint density at radius 2 is 1.83 bits per heavy atom. The molecule has 1 fully saturated rings. The number of sulfonamides is 1. The van der Waals surface area contributed by atoms with Crippen molar-refractivity contribution in [3.8, 4) is 5.75 Å². The lowest BCUT2D eigenvalue weighted by molar-refractivity contribution is 0.0730. The highest BCUT2D eigenvalue weighted by Gasteiger charge is 2.26. The highest BCUT2D eigenvalue weighted by molar-refractivity contribution is 7.89. The number of thiophene rings is 1. The van der Waals surface area contributed by atoms with Crippen LogP contribution in [-0.2, 0) is 21.4 Å². The molecule has 0 N–H and O–H groups in total. The molecule has 0 unspecified atom stereocenters. The van der Waals surface area contributed by atoms with Gasteiger partial charge in [0, 0.05) is 18.0 Å². The number of hydrogen-bond acceptors (Lipinski definition) is 5. The Morgan fingerprint density at radius 3 is 2.43 bits per heavy atom. The van der Waals surface area contributed by atoms with Crippen molar-refractivity contribution < 1.29 is 17.9 Å². The van der Waals surface area contributed by atoms with Crippen LogP contribution >= 0.6 is 22.9 Å². The number of rotatable bonds is 5. The van der Waals surface area contributed by atoms with Gasteiger partial charge >= 0.3 is 0 Å². The molecule has 124 valence electrons. The van der Waals surface area contributed by atoms with Gasteiger partial charge in [-0.2, -0.15) is 4.31 Å². The molecule has 0 amide bonds. The summed E-state index contributed by atoms with van der Waals surface area (Å²) in [4.78, 5) is 1.28.